The summed E-state index contributed by atoms with van der Waals surface area (Å²) in [4.78, 5) is 25.3. The number of hydrogen-bond donors (Lipinski definition) is 3. The second-order valence-electron chi connectivity index (χ2n) is 4.93. The van der Waals surface area contributed by atoms with Crippen molar-refractivity contribution in [2.45, 2.75) is 31.0 Å². The highest BCUT2D eigenvalue weighted by atomic mass is 16.7. The molecule has 4 atom stereocenters. The number of H-pyrrole nitrogens is 1. The number of aromatic nitrogens is 2. The van der Waals surface area contributed by atoms with E-state index in [0.717, 1.165) is 0 Å². The molecule has 2 bridgehead atoms. The zero-order valence-electron chi connectivity index (χ0n) is 10.2. The van der Waals surface area contributed by atoms with Crippen molar-refractivity contribution in [3.05, 3.63) is 32.6 Å². The van der Waals surface area contributed by atoms with E-state index in [1.54, 1.807) is 6.92 Å². The van der Waals surface area contributed by atoms with Crippen molar-refractivity contribution in [1.82, 2.24) is 9.55 Å². The average molecular weight is 270 g/mol. The standard InChI is InChI=1S/C11H14N2O6/c1-5-2-13(10(17)12-8(5)16)9-6-7(15)11(3-14,19-9)4-18-6/h2,6-7,9,14-15H,3-4H2,1H3,(H,12,16,17)/t6?,7-,9+,11-/m0/s1. The molecule has 3 rings (SSSR count). The first-order valence-electron chi connectivity index (χ1n) is 5.89. The van der Waals surface area contributed by atoms with E-state index in [-0.39, 0.29) is 6.61 Å². The van der Waals surface area contributed by atoms with Crippen molar-refractivity contribution < 1.29 is 19.7 Å². The molecule has 0 saturated carbocycles. The Balaban J connectivity index is 2.04. The molecule has 8 nitrogen and oxygen atoms in total. The molecule has 3 heterocycles. The lowest BCUT2D eigenvalue weighted by Gasteiger charge is -2.29. The molecular weight excluding hydrogens is 256 g/mol. The van der Waals surface area contributed by atoms with Gasteiger partial charge < -0.3 is 19.7 Å². The van der Waals surface area contributed by atoms with Crippen LogP contribution in [-0.2, 0) is 9.47 Å². The number of rotatable bonds is 2. The number of fused-ring (bicyclic) bond motifs is 2. The van der Waals surface area contributed by atoms with Crippen molar-refractivity contribution in [2.24, 2.45) is 0 Å². The van der Waals surface area contributed by atoms with Crippen LogP contribution in [0.3, 0.4) is 0 Å². The van der Waals surface area contributed by atoms with Crippen LogP contribution in [0.25, 0.3) is 0 Å². The summed E-state index contributed by atoms with van der Waals surface area (Å²) in [7, 11) is 0. The summed E-state index contributed by atoms with van der Waals surface area (Å²) in [5.74, 6) is 0. The van der Waals surface area contributed by atoms with Crippen LogP contribution in [0.2, 0.25) is 0 Å². The van der Waals surface area contributed by atoms with Gasteiger partial charge in [0.1, 0.15) is 17.8 Å². The molecule has 3 N–H and O–H groups in total. The Hall–Kier alpha value is -1.48. The van der Waals surface area contributed by atoms with Crippen LogP contribution < -0.4 is 11.2 Å². The largest absolute Gasteiger partial charge is 0.393 e. The highest BCUT2D eigenvalue weighted by molar-refractivity contribution is 5.09. The highest BCUT2D eigenvalue weighted by Gasteiger charge is 2.61. The maximum atomic E-state index is 11.8. The SMILES string of the molecule is Cc1cn([C@@H]2O[C@@]3(CO)COC2[C@@H]3O)c(=O)[nH]c1=O. The Kier molecular flexibility index (Phi) is 2.65. The number of aliphatic hydroxyl groups excluding tert-OH is 2. The first-order valence-corrected chi connectivity index (χ1v) is 5.89. The molecule has 1 unspecified atom stereocenters. The molecule has 0 aromatic carbocycles. The molecule has 0 amide bonds. The first-order chi connectivity index (χ1) is 8.98. The predicted molar refractivity (Wildman–Crippen MR) is 61.7 cm³/mol. The molecule has 1 aromatic rings. The Morgan fingerprint density at radius 1 is 1.58 bits per heavy atom. The van der Waals surface area contributed by atoms with Gasteiger partial charge in [0.15, 0.2) is 6.23 Å². The molecule has 0 aliphatic carbocycles. The fourth-order valence-corrected chi connectivity index (χ4v) is 2.53. The van der Waals surface area contributed by atoms with Gasteiger partial charge >= 0.3 is 5.69 Å². The van der Waals surface area contributed by atoms with Crippen LogP contribution in [-0.4, -0.2) is 50.8 Å². The van der Waals surface area contributed by atoms with Gasteiger partial charge in [-0.2, -0.15) is 0 Å². The lowest BCUT2D eigenvalue weighted by molar-refractivity contribution is -0.187. The van der Waals surface area contributed by atoms with Gasteiger partial charge in [0.05, 0.1) is 13.2 Å². The number of aryl methyl sites for hydroxylation is 1. The van der Waals surface area contributed by atoms with E-state index in [1.807, 2.05) is 0 Å². The molecule has 2 saturated heterocycles. The Labute approximate surface area is 107 Å². The van der Waals surface area contributed by atoms with Gasteiger partial charge in [0, 0.05) is 11.8 Å². The first kappa shape index (κ1) is 12.5. The summed E-state index contributed by atoms with van der Waals surface area (Å²) >= 11 is 0. The minimum atomic E-state index is -1.20. The molecule has 0 radical (unpaired) electrons. The van der Waals surface area contributed by atoms with Crippen LogP contribution in [0.4, 0.5) is 0 Å². The molecule has 8 heteroatoms. The van der Waals surface area contributed by atoms with Gasteiger partial charge in [-0.25, -0.2) is 4.79 Å². The molecule has 1 aromatic heterocycles. The Morgan fingerprint density at radius 3 is 2.95 bits per heavy atom. The van der Waals surface area contributed by atoms with Gasteiger partial charge in [0.2, 0.25) is 0 Å². The van der Waals surface area contributed by atoms with E-state index < -0.39 is 41.9 Å². The van der Waals surface area contributed by atoms with Crippen LogP contribution >= 0.6 is 0 Å². The van der Waals surface area contributed by atoms with Crippen LogP contribution in [0.1, 0.15) is 11.8 Å². The van der Waals surface area contributed by atoms with Gasteiger partial charge in [0.25, 0.3) is 5.56 Å². The number of aliphatic hydroxyl groups is 2. The molecule has 104 valence electrons. The maximum Gasteiger partial charge on any atom is 0.330 e. The summed E-state index contributed by atoms with van der Waals surface area (Å²) in [6, 6.07) is 0. The van der Waals surface area contributed by atoms with Gasteiger partial charge in [-0.1, -0.05) is 0 Å². The minimum Gasteiger partial charge on any atom is -0.393 e. The summed E-state index contributed by atoms with van der Waals surface area (Å²) in [6.45, 7) is 1.22. The van der Waals surface area contributed by atoms with Crippen LogP contribution in [0.15, 0.2) is 15.8 Å². The lowest BCUT2D eigenvalue weighted by atomic mass is 10.0. The van der Waals surface area contributed by atoms with Crippen molar-refractivity contribution in [3.63, 3.8) is 0 Å². The maximum absolute atomic E-state index is 11.8. The van der Waals surface area contributed by atoms with Crippen molar-refractivity contribution in [3.8, 4) is 0 Å². The van der Waals surface area contributed by atoms with Crippen molar-refractivity contribution in [2.75, 3.05) is 13.2 Å². The van der Waals surface area contributed by atoms with E-state index in [1.165, 1.54) is 10.8 Å². The normalized spacial score (nSPS) is 36.9. The van der Waals surface area contributed by atoms with Gasteiger partial charge in [-0.15, -0.1) is 0 Å². The minimum absolute atomic E-state index is 0.0723. The topological polar surface area (TPSA) is 114 Å². The monoisotopic (exact) mass is 270 g/mol. The third-order valence-electron chi connectivity index (χ3n) is 3.69. The second kappa shape index (κ2) is 4.01. The zero-order valence-corrected chi connectivity index (χ0v) is 10.2. The molecule has 2 aliphatic heterocycles. The second-order valence-corrected chi connectivity index (χ2v) is 4.93. The van der Waals surface area contributed by atoms with E-state index in [2.05, 4.69) is 4.98 Å². The third kappa shape index (κ3) is 1.61. The number of hydrogen-bond acceptors (Lipinski definition) is 6. The predicted octanol–water partition coefficient (Wildman–Crippen LogP) is -2.14. The fraction of sp³-hybridized carbons (Fsp3) is 0.636. The van der Waals surface area contributed by atoms with E-state index in [9.17, 15) is 19.8 Å². The number of nitrogens with zero attached hydrogens (tertiary/aromatic N) is 1. The van der Waals surface area contributed by atoms with E-state index in [0.29, 0.717) is 5.56 Å². The zero-order chi connectivity index (χ0) is 13.8. The average Bonchev–Trinajstić information content (AvgIpc) is 2.85. The van der Waals surface area contributed by atoms with Crippen LogP contribution in [0, 0.1) is 6.92 Å². The van der Waals surface area contributed by atoms with Gasteiger partial charge in [-0.3, -0.25) is 14.3 Å². The summed E-state index contributed by atoms with van der Waals surface area (Å²) in [5.41, 5.74) is -1.96. The van der Waals surface area contributed by atoms with E-state index in [4.69, 9.17) is 9.47 Å². The summed E-state index contributed by atoms with van der Waals surface area (Å²) in [6.07, 6.45) is -1.26. The molecule has 2 fully saturated rings. The highest BCUT2D eigenvalue weighted by Crippen LogP contribution is 2.44. The third-order valence-corrected chi connectivity index (χ3v) is 3.69. The molecule has 19 heavy (non-hydrogen) atoms. The van der Waals surface area contributed by atoms with E-state index >= 15 is 0 Å². The van der Waals surface area contributed by atoms with Crippen molar-refractivity contribution >= 4 is 0 Å². The molecular formula is C11H14N2O6. The number of ether oxygens (including phenoxy) is 2. The van der Waals surface area contributed by atoms with Gasteiger partial charge in [-0.05, 0) is 6.92 Å². The van der Waals surface area contributed by atoms with Crippen LogP contribution in [0.5, 0.6) is 0 Å². The number of nitrogens with one attached hydrogen (secondary N) is 1. The molecule has 0 spiro atoms. The Morgan fingerprint density at radius 2 is 2.32 bits per heavy atom. The quantitative estimate of drug-likeness (QED) is 0.565. The number of aromatic amines is 1. The lowest BCUT2D eigenvalue weighted by Crippen LogP contribution is -2.44. The summed E-state index contributed by atoms with van der Waals surface area (Å²) < 4.78 is 12.1. The molecule has 2 aliphatic rings. The fourth-order valence-electron chi connectivity index (χ4n) is 2.53. The smallest absolute Gasteiger partial charge is 0.330 e. The summed E-state index contributed by atoms with van der Waals surface area (Å²) in [5, 5.41) is 19.4. The Bertz CT molecular complexity index is 622. The van der Waals surface area contributed by atoms with Crippen molar-refractivity contribution in [1.29, 1.82) is 0 Å².